The van der Waals surface area contributed by atoms with Crippen LogP contribution in [-0.2, 0) is 0 Å². The van der Waals surface area contributed by atoms with Gasteiger partial charge in [-0.2, -0.15) is 0 Å². The second-order valence-corrected chi connectivity index (χ2v) is 5.32. The molecule has 0 bridgehead atoms. The molecule has 19 heavy (non-hydrogen) atoms. The molecular weight excluding hydrogens is 265 g/mol. The summed E-state index contributed by atoms with van der Waals surface area (Å²) in [5.74, 6) is -0.289. The molecule has 0 spiro atoms. The molecule has 0 aliphatic heterocycles. The number of halogens is 1. The van der Waals surface area contributed by atoms with Crippen LogP contribution in [-0.4, -0.2) is 16.0 Å². The summed E-state index contributed by atoms with van der Waals surface area (Å²) >= 11 is 1.36. The molecule has 4 nitrogen and oxygen atoms in total. The maximum absolute atomic E-state index is 12.9. The average molecular weight is 279 g/mol. The number of nitrogens with one attached hydrogen (secondary N) is 1. The van der Waals surface area contributed by atoms with Gasteiger partial charge in [0.25, 0.3) is 5.56 Å². The number of hydrogen-bond donors (Lipinski definition) is 2. The van der Waals surface area contributed by atoms with E-state index in [-0.39, 0.29) is 22.7 Å². The fourth-order valence-corrected chi connectivity index (χ4v) is 2.69. The average Bonchev–Trinajstić information content (AvgIpc) is 2.37. The summed E-state index contributed by atoms with van der Waals surface area (Å²) in [5.41, 5.74) is 6.65. The first-order valence-corrected chi connectivity index (χ1v) is 6.67. The zero-order valence-electron chi connectivity index (χ0n) is 10.3. The maximum atomic E-state index is 12.9. The summed E-state index contributed by atoms with van der Waals surface area (Å²) in [6.45, 7) is 1.86. The Kier molecular flexibility index (Phi) is 4.34. The van der Waals surface area contributed by atoms with Gasteiger partial charge in [-0.15, -0.1) is 0 Å². The molecule has 2 unspecified atom stereocenters. The summed E-state index contributed by atoms with van der Waals surface area (Å²) in [4.78, 5) is 18.0. The van der Waals surface area contributed by atoms with E-state index < -0.39 is 0 Å². The van der Waals surface area contributed by atoms with Crippen molar-refractivity contribution in [3.63, 3.8) is 0 Å². The van der Waals surface area contributed by atoms with Gasteiger partial charge < -0.3 is 10.7 Å². The zero-order chi connectivity index (χ0) is 13.8. The largest absolute Gasteiger partial charge is 0.327 e. The Labute approximate surface area is 114 Å². The van der Waals surface area contributed by atoms with Crippen LogP contribution in [0.3, 0.4) is 0 Å². The molecular formula is C13H14FN3OS. The molecule has 0 fully saturated rings. The molecule has 0 amide bonds. The highest BCUT2D eigenvalue weighted by molar-refractivity contribution is 7.99. The summed E-state index contributed by atoms with van der Waals surface area (Å²) < 4.78 is 12.9. The normalized spacial score (nSPS) is 14.1. The van der Waals surface area contributed by atoms with Crippen molar-refractivity contribution in [2.24, 2.45) is 5.73 Å². The van der Waals surface area contributed by atoms with E-state index in [2.05, 4.69) is 9.97 Å². The molecule has 1 aromatic heterocycles. The SMILES string of the molecule is CC(N)C(Sc1nccc(=O)[nH]1)c1ccc(F)cc1. The lowest BCUT2D eigenvalue weighted by Crippen LogP contribution is -2.23. The summed E-state index contributed by atoms with van der Waals surface area (Å²) in [7, 11) is 0. The van der Waals surface area contributed by atoms with Crippen molar-refractivity contribution in [1.82, 2.24) is 9.97 Å². The number of aromatic nitrogens is 2. The predicted molar refractivity (Wildman–Crippen MR) is 73.5 cm³/mol. The quantitative estimate of drug-likeness (QED) is 0.664. The number of nitrogens with zero attached hydrogens (tertiary/aromatic N) is 1. The summed E-state index contributed by atoms with van der Waals surface area (Å²) in [6.07, 6.45) is 1.45. The van der Waals surface area contributed by atoms with Gasteiger partial charge in [-0.05, 0) is 24.6 Å². The van der Waals surface area contributed by atoms with Gasteiger partial charge in [-0.25, -0.2) is 9.37 Å². The van der Waals surface area contributed by atoms with Crippen LogP contribution in [0.15, 0.2) is 46.5 Å². The minimum Gasteiger partial charge on any atom is -0.327 e. The highest BCUT2D eigenvalue weighted by atomic mass is 32.2. The molecule has 100 valence electrons. The number of benzene rings is 1. The Hall–Kier alpha value is -1.66. The molecule has 0 radical (unpaired) electrons. The third-order valence-electron chi connectivity index (χ3n) is 2.56. The first-order valence-electron chi connectivity index (χ1n) is 5.79. The molecule has 0 saturated carbocycles. The Morgan fingerprint density at radius 2 is 2.00 bits per heavy atom. The van der Waals surface area contributed by atoms with Crippen molar-refractivity contribution < 1.29 is 4.39 Å². The van der Waals surface area contributed by atoms with Gasteiger partial charge in [0.1, 0.15) is 5.82 Å². The van der Waals surface area contributed by atoms with E-state index in [0.29, 0.717) is 5.16 Å². The van der Waals surface area contributed by atoms with Crippen LogP contribution in [0, 0.1) is 5.82 Å². The molecule has 0 aliphatic carbocycles. The molecule has 0 saturated heterocycles. The number of thioether (sulfide) groups is 1. The Balaban J connectivity index is 2.26. The highest BCUT2D eigenvalue weighted by Crippen LogP contribution is 2.34. The Bertz CT molecular complexity index is 597. The molecule has 0 aliphatic rings. The van der Waals surface area contributed by atoms with E-state index in [0.717, 1.165) is 5.56 Å². The van der Waals surface area contributed by atoms with Gasteiger partial charge in [0.05, 0.1) is 5.25 Å². The van der Waals surface area contributed by atoms with Crippen LogP contribution in [0.1, 0.15) is 17.7 Å². The van der Waals surface area contributed by atoms with Crippen molar-refractivity contribution in [3.05, 3.63) is 58.3 Å². The van der Waals surface area contributed by atoms with Crippen molar-refractivity contribution in [3.8, 4) is 0 Å². The van der Waals surface area contributed by atoms with Crippen LogP contribution in [0.2, 0.25) is 0 Å². The van der Waals surface area contributed by atoms with E-state index in [1.807, 2.05) is 6.92 Å². The first kappa shape index (κ1) is 13.8. The summed E-state index contributed by atoms with van der Waals surface area (Å²) in [6, 6.07) is 7.36. The van der Waals surface area contributed by atoms with Gasteiger partial charge in [-0.3, -0.25) is 4.79 Å². The van der Waals surface area contributed by atoms with Gasteiger partial charge in [0.2, 0.25) is 0 Å². The van der Waals surface area contributed by atoms with Crippen molar-refractivity contribution >= 4 is 11.8 Å². The second kappa shape index (κ2) is 5.99. The van der Waals surface area contributed by atoms with E-state index in [1.54, 1.807) is 12.1 Å². The van der Waals surface area contributed by atoms with Crippen molar-refractivity contribution in [2.45, 2.75) is 23.4 Å². The molecule has 2 aromatic rings. The van der Waals surface area contributed by atoms with E-state index in [9.17, 15) is 9.18 Å². The lowest BCUT2D eigenvalue weighted by molar-refractivity contribution is 0.625. The van der Waals surface area contributed by atoms with Gasteiger partial charge in [0, 0.05) is 18.3 Å². The van der Waals surface area contributed by atoms with Gasteiger partial charge >= 0.3 is 0 Å². The zero-order valence-corrected chi connectivity index (χ0v) is 11.2. The minimum atomic E-state index is -0.289. The topological polar surface area (TPSA) is 71.8 Å². The highest BCUT2D eigenvalue weighted by Gasteiger charge is 2.18. The molecule has 1 aromatic carbocycles. The standard InChI is InChI=1S/C13H14FN3OS/c1-8(15)12(9-2-4-10(14)5-3-9)19-13-16-7-6-11(18)17-13/h2-8,12H,15H2,1H3,(H,16,17,18). The fourth-order valence-electron chi connectivity index (χ4n) is 1.66. The predicted octanol–water partition coefficient (Wildman–Crippen LogP) is 2.09. The van der Waals surface area contributed by atoms with Crippen molar-refractivity contribution in [1.29, 1.82) is 0 Å². The Morgan fingerprint density at radius 1 is 1.32 bits per heavy atom. The number of rotatable bonds is 4. The third kappa shape index (κ3) is 3.65. The summed E-state index contributed by atoms with van der Waals surface area (Å²) in [5, 5.41) is 0.394. The van der Waals surface area contributed by atoms with E-state index >= 15 is 0 Å². The van der Waals surface area contributed by atoms with E-state index in [4.69, 9.17) is 5.73 Å². The van der Waals surface area contributed by atoms with Crippen LogP contribution < -0.4 is 11.3 Å². The van der Waals surface area contributed by atoms with Crippen LogP contribution in [0.4, 0.5) is 4.39 Å². The number of aromatic amines is 1. The minimum absolute atomic E-state index is 0.105. The molecule has 3 N–H and O–H groups in total. The van der Waals surface area contributed by atoms with Gasteiger partial charge in [-0.1, -0.05) is 23.9 Å². The van der Waals surface area contributed by atoms with E-state index in [1.165, 1.54) is 36.2 Å². The van der Waals surface area contributed by atoms with Crippen LogP contribution in [0.5, 0.6) is 0 Å². The number of nitrogens with two attached hydrogens (primary N) is 1. The Morgan fingerprint density at radius 3 is 2.58 bits per heavy atom. The van der Waals surface area contributed by atoms with Crippen LogP contribution in [0.25, 0.3) is 0 Å². The lowest BCUT2D eigenvalue weighted by Gasteiger charge is -2.19. The molecule has 6 heteroatoms. The smallest absolute Gasteiger partial charge is 0.251 e. The monoisotopic (exact) mass is 279 g/mol. The van der Waals surface area contributed by atoms with Crippen LogP contribution >= 0.6 is 11.8 Å². The molecule has 1 heterocycles. The molecule has 2 rings (SSSR count). The maximum Gasteiger partial charge on any atom is 0.251 e. The van der Waals surface area contributed by atoms with Gasteiger partial charge in [0.15, 0.2) is 5.16 Å². The number of H-pyrrole nitrogens is 1. The number of hydrogen-bond acceptors (Lipinski definition) is 4. The fraction of sp³-hybridized carbons (Fsp3) is 0.231. The third-order valence-corrected chi connectivity index (χ3v) is 3.95. The molecule has 2 atom stereocenters. The first-order chi connectivity index (χ1) is 9.06. The second-order valence-electron chi connectivity index (χ2n) is 4.19. The van der Waals surface area contributed by atoms with Crippen molar-refractivity contribution in [2.75, 3.05) is 0 Å². The lowest BCUT2D eigenvalue weighted by atomic mass is 10.1.